The monoisotopic (exact) mass is 964 g/mol. The second-order valence-corrected chi connectivity index (χ2v) is 19.0. The summed E-state index contributed by atoms with van der Waals surface area (Å²) in [5.74, 6) is 0.700. The molecule has 2 amide bonds. The number of nitrogens with one attached hydrogen (secondary N) is 1. The van der Waals surface area contributed by atoms with E-state index in [9.17, 15) is 37.9 Å². The first-order valence-corrected chi connectivity index (χ1v) is 23.3. The number of hydrogen-bond acceptors (Lipinski definition) is 13. The van der Waals surface area contributed by atoms with Gasteiger partial charge in [0.15, 0.2) is 5.78 Å². The van der Waals surface area contributed by atoms with Crippen molar-refractivity contribution in [3.63, 3.8) is 0 Å². The van der Waals surface area contributed by atoms with Crippen LogP contribution in [-0.2, 0) is 48.7 Å². The average Bonchev–Trinajstić information content (AvgIpc) is 3.32. The van der Waals surface area contributed by atoms with E-state index in [-0.39, 0.29) is 17.5 Å². The number of carbonyl (C=O) groups excluding carboxylic acids is 2. The molecule has 21 heteroatoms. The van der Waals surface area contributed by atoms with Crippen LogP contribution in [0.2, 0.25) is 0 Å². The Labute approximate surface area is 387 Å². The number of rotatable bonds is 18. The Balaban J connectivity index is 0.000000387. The number of hydrazine groups is 1. The largest absolute Gasteiger partial charge is 0.480 e. The third-order valence-corrected chi connectivity index (χ3v) is 13.5. The number of aliphatic carboxylic acids is 3. The van der Waals surface area contributed by atoms with Crippen LogP contribution in [-0.4, -0.2) is 93.2 Å². The number of carboxylic acid groups (broad SMARTS) is 4. The third kappa shape index (κ3) is 20.0. The van der Waals surface area contributed by atoms with Crippen LogP contribution < -0.4 is 38.1 Å². The van der Waals surface area contributed by atoms with Crippen molar-refractivity contribution in [2.45, 2.75) is 39.5 Å². The van der Waals surface area contributed by atoms with Gasteiger partial charge in [0.1, 0.15) is 38.4 Å². The van der Waals surface area contributed by atoms with Crippen LogP contribution >= 0.6 is 14.7 Å². The molecule has 0 unspecified atom stereocenters. The van der Waals surface area contributed by atoms with E-state index in [0.717, 1.165) is 5.56 Å². The van der Waals surface area contributed by atoms with Gasteiger partial charge < -0.3 is 45.3 Å². The third-order valence-electron chi connectivity index (χ3n) is 8.56. The molecular formula is C46H54N4O15P2. The molecule has 0 aliphatic heterocycles. The zero-order valence-corrected chi connectivity index (χ0v) is 38.6. The Bertz CT molecular complexity index is 2230. The number of ether oxygens (including phenoxy) is 1. The number of benzene rings is 5. The Morgan fingerprint density at radius 1 is 0.582 bits per heavy atom. The first kappa shape index (κ1) is 56.2. The molecule has 2 atom stereocenters. The summed E-state index contributed by atoms with van der Waals surface area (Å²) in [6, 6.07) is 42.7. The van der Waals surface area contributed by atoms with Gasteiger partial charge in [-0.25, -0.2) is 25.2 Å². The van der Waals surface area contributed by atoms with Crippen molar-refractivity contribution in [2.24, 2.45) is 17.5 Å². The van der Waals surface area contributed by atoms with E-state index in [1.165, 1.54) is 6.92 Å². The normalized spacial score (nSPS) is 11.6. The Kier molecular flexibility index (Phi) is 24.2. The predicted molar refractivity (Wildman–Crippen MR) is 250 cm³/mol. The van der Waals surface area contributed by atoms with Gasteiger partial charge in [-0.15, -0.1) is 0 Å². The highest BCUT2D eigenvalue weighted by atomic mass is 31.2. The summed E-state index contributed by atoms with van der Waals surface area (Å²) in [5.41, 5.74) is 5.69. The van der Waals surface area contributed by atoms with E-state index >= 15 is 0 Å². The van der Waals surface area contributed by atoms with Crippen molar-refractivity contribution in [1.29, 1.82) is 0 Å². The first-order chi connectivity index (χ1) is 31.7. The summed E-state index contributed by atoms with van der Waals surface area (Å²) in [4.78, 5) is 64.2. The minimum atomic E-state index is -3.50. The second kappa shape index (κ2) is 28.8. The number of amides is 2. The van der Waals surface area contributed by atoms with E-state index in [4.69, 9.17) is 39.9 Å². The highest BCUT2D eigenvalue weighted by Crippen LogP contribution is 2.46. The molecular weight excluding hydrogens is 910 g/mol. The van der Waals surface area contributed by atoms with E-state index in [1.807, 2.05) is 54.6 Å². The predicted octanol–water partition coefficient (Wildman–Crippen LogP) is 4.81. The molecule has 19 nitrogen and oxygen atoms in total. The molecule has 5 aromatic carbocycles. The number of alkyl carbamates (subject to hydrolysis) is 1. The van der Waals surface area contributed by atoms with Gasteiger partial charge in [-0.3, -0.25) is 23.5 Å². The average molecular weight is 965 g/mol. The van der Waals surface area contributed by atoms with Crippen LogP contribution in [0.15, 0.2) is 152 Å². The Morgan fingerprint density at radius 2 is 0.910 bits per heavy atom. The summed E-state index contributed by atoms with van der Waals surface area (Å²) in [6.45, 7) is 3.40. The molecule has 0 fully saturated rings. The Morgan fingerprint density at radius 3 is 1.16 bits per heavy atom. The number of Topliss-reactive ketones (excluding diaryl/α,β-unsaturated/α-hetero) is 1. The zero-order valence-electron chi connectivity index (χ0n) is 36.8. The molecule has 358 valence electrons. The van der Waals surface area contributed by atoms with E-state index in [0.29, 0.717) is 21.2 Å². The molecule has 0 saturated carbocycles. The molecule has 0 bridgehead atoms. The lowest BCUT2D eigenvalue weighted by Gasteiger charge is -2.21. The summed E-state index contributed by atoms with van der Waals surface area (Å²) >= 11 is 0. The number of nitrogens with two attached hydrogens (primary N) is 2. The fourth-order valence-electron chi connectivity index (χ4n) is 5.08. The minimum Gasteiger partial charge on any atom is -0.480 e. The van der Waals surface area contributed by atoms with Gasteiger partial charge in [0.05, 0.1) is 0 Å². The molecule has 0 spiro atoms. The lowest BCUT2D eigenvalue weighted by Crippen LogP contribution is -2.44. The van der Waals surface area contributed by atoms with Crippen LogP contribution in [0.4, 0.5) is 9.59 Å². The fourth-order valence-corrected chi connectivity index (χ4v) is 9.18. The van der Waals surface area contributed by atoms with E-state index in [1.54, 1.807) is 111 Å². The van der Waals surface area contributed by atoms with Gasteiger partial charge in [-0.05, 0) is 66.9 Å². The van der Waals surface area contributed by atoms with Crippen molar-refractivity contribution in [2.75, 3.05) is 19.8 Å². The summed E-state index contributed by atoms with van der Waals surface area (Å²) in [6.07, 6.45) is -2.18. The van der Waals surface area contributed by atoms with E-state index < -0.39 is 82.5 Å². The molecule has 0 aliphatic rings. The maximum Gasteiger partial charge on any atom is 0.422 e. The highest BCUT2D eigenvalue weighted by molar-refractivity contribution is 7.74. The summed E-state index contributed by atoms with van der Waals surface area (Å²) in [5, 5.41) is 37.2. The van der Waals surface area contributed by atoms with Gasteiger partial charge in [-0.2, -0.15) is 0 Å². The van der Waals surface area contributed by atoms with Crippen molar-refractivity contribution in [1.82, 2.24) is 10.3 Å². The molecule has 0 radical (unpaired) electrons. The summed E-state index contributed by atoms with van der Waals surface area (Å²) < 4.78 is 44.3. The maximum absolute atomic E-state index is 13.9. The van der Waals surface area contributed by atoms with Gasteiger partial charge >= 0.3 is 30.1 Å². The topological polar surface area (TPSA) is 312 Å². The van der Waals surface area contributed by atoms with Gasteiger partial charge in [0.25, 0.3) is 14.7 Å². The number of hydrogen-bond donors (Lipinski definition) is 7. The van der Waals surface area contributed by atoms with E-state index in [2.05, 4.69) is 11.2 Å². The molecule has 5 aromatic rings. The fraction of sp³-hybridized carbons (Fsp3) is 0.217. The molecule has 0 aliphatic carbocycles. The lowest BCUT2D eigenvalue weighted by molar-refractivity contribution is -0.140. The SMILES string of the molecule is CC(C)[C@H](NC(=O)OCc1ccccc1)C(=O)O.C[C@H](N)C(=O)O.NN(CC(=O)O)C(=O)O.O=C(COP(=O)(c1ccccc1)c1ccccc1)COP(=O)(c1ccccc1)c1ccccc1. The molecule has 9 N–H and O–H groups in total. The minimum absolute atomic E-state index is 0.122. The molecule has 0 heterocycles. The second-order valence-electron chi connectivity index (χ2n) is 14.2. The molecule has 0 aromatic heterocycles. The van der Waals surface area contributed by atoms with Crippen LogP contribution in [0.1, 0.15) is 26.3 Å². The quantitative estimate of drug-likeness (QED) is 0.0268. The van der Waals surface area contributed by atoms with Gasteiger partial charge in [0.2, 0.25) is 0 Å². The van der Waals surface area contributed by atoms with Crippen molar-refractivity contribution in [3.05, 3.63) is 157 Å². The van der Waals surface area contributed by atoms with Crippen LogP contribution in [0.3, 0.4) is 0 Å². The van der Waals surface area contributed by atoms with Gasteiger partial charge in [-0.1, -0.05) is 117 Å². The van der Waals surface area contributed by atoms with Crippen molar-refractivity contribution in [3.8, 4) is 0 Å². The first-order valence-electron chi connectivity index (χ1n) is 20.1. The summed E-state index contributed by atoms with van der Waals surface area (Å²) in [7, 11) is -7.01. The number of carboxylic acids is 3. The number of ketones is 1. The standard InChI is InChI=1S/C27H24O5P2.C13H17NO4.C3H6N2O4.C3H7NO2/c28-23(21-31-33(29,24-13-5-1-6-14-24)25-15-7-2-8-16-25)22-32-34(30,26-17-9-3-10-18-26)27-19-11-4-12-20-27;1-9(2)11(12(15)16)14-13(17)18-8-10-6-4-3-5-7-10;4-5(3(8)9)1-2(6)7;1-2(4)3(5)6/h1-20H,21-22H2;3-7,9,11H,8H2,1-2H3,(H,14,17)(H,15,16);1,4H2,(H,6,7)(H,8,9);2H,4H2,1H3,(H,5,6)/t;11-;;2-/m.0.0/s1. The van der Waals surface area contributed by atoms with Crippen LogP contribution in [0.25, 0.3) is 0 Å². The molecule has 67 heavy (non-hydrogen) atoms. The lowest BCUT2D eigenvalue weighted by atomic mass is 10.1. The molecule has 5 rings (SSSR count). The van der Waals surface area contributed by atoms with Crippen LogP contribution in [0, 0.1) is 5.92 Å². The maximum atomic E-state index is 13.9. The molecule has 0 saturated heterocycles. The van der Waals surface area contributed by atoms with Crippen molar-refractivity contribution >= 4 is 71.8 Å². The van der Waals surface area contributed by atoms with Crippen LogP contribution in [0.5, 0.6) is 0 Å². The van der Waals surface area contributed by atoms with Gasteiger partial charge in [0, 0.05) is 21.2 Å². The number of carbonyl (C=O) groups is 6. The van der Waals surface area contributed by atoms with Crippen molar-refractivity contribution < 1.29 is 72.1 Å². The number of nitrogens with zero attached hydrogens (tertiary/aromatic N) is 1. The smallest absolute Gasteiger partial charge is 0.422 e. The Hall–Kier alpha value is -6.98. The zero-order chi connectivity index (χ0) is 50.0. The highest BCUT2D eigenvalue weighted by Gasteiger charge is 2.32.